The third-order valence-electron chi connectivity index (χ3n) is 2.06. The van der Waals surface area contributed by atoms with Gasteiger partial charge in [0.1, 0.15) is 0 Å². The summed E-state index contributed by atoms with van der Waals surface area (Å²) in [5.41, 5.74) is 0. The van der Waals surface area contributed by atoms with Gasteiger partial charge in [-0.1, -0.05) is 26.2 Å². The Labute approximate surface area is 87.9 Å². The number of nitrogens with zero attached hydrogens (tertiary/aromatic N) is 2. The number of rotatable bonds is 5. The molecule has 2 nitrogen and oxygen atoms in total. The first-order valence-electron chi connectivity index (χ1n) is 5.02. The lowest BCUT2D eigenvalue weighted by molar-refractivity contribution is 0.421. The average molecular weight is 202 g/mol. The fraction of sp³-hybridized carbons (Fsp3) is 0.900. The summed E-state index contributed by atoms with van der Waals surface area (Å²) < 4.78 is 0. The molecule has 3 heteroatoms. The summed E-state index contributed by atoms with van der Waals surface area (Å²) in [6.45, 7) is 3.31. The smallest absolute Gasteiger partial charge is 0.170 e. The summed E-state index contributed by atoms with van der Waals surface area (Å²) in [5, 5.41) is 0.927. The van der Waals surface area contributed by atoms with E-state index in [1.165, 1.54) is 25.7 Å². The van der Waals surface area contributed by atoms with E-state index in [9.17, 15) is 0 Å². The van der Waals surface area contributed by atoms with Gasteiger partial charge in [-0.15, -0.1) is 0 Å². The molecule has 0 unspecified atom stereocenters. The standard InChI is InChI=1S/C10H22N2S/c1-5-6-7-8-9-12(4)10(13)11(2)3/h5-9H2,1-4H3. The maximum atomic E-state index is 5.23. The van der Waals surface area contributed by atoms with Crippen molar-refractivity contribution in [3.63, 3.8) is 0 Å². The summed E-state index contributed by atoms with van der Waals surface area (Å²) in [6, 6.07) is 0. The van der Waals surface area contributed by atoms with E-state index in [4.69, 9.17) is 12.2 Å². The van der Waals surface area contributed by atoms with Crippen molar-refractivity contribution in [2.45, 2.75) is 32.6 Å². The highest BCUT2D eigenvalue weighted by Crippen LogP contribution is 2.01. The van der Waals surface area contributed by atoms with Crippen LogP contribution >= 0.6 is 12.2 Å². The quantitative estimate of drug-likeness (QED) is 0.499. The van der Waals surface area contributed by atoms with Gasteiger partial charge in [0.05, 0.1) is 0 Å². The molecule has 0 spiro atoms. The predicted molar refractivity (Wildman–Crippen MR) is 63.1 cm³/mol. The van der Waals surface area contributed by atoms with Crippen LogP contribution in [0.15, 0.2) is 0 Å². The van der Waals surface area contributed by atoms with Crippen LogP contribution in [0.4, 0.5) is 0 Å². The van der Waals surface area contributed by atoms with Crippen LogP contribution in [0, 0.1) is 0 Å². The molecule has 0 aliphatic rings. The molecule has 0 rings (SSSR count). The van der Waals surface area contributed by atoms with Crippen molar-refractivity contribution in [3.05, 3.63) is 0 Å². The van der Waals surface area contributed by atoms with Gasteiger partial charge in [-0.05, 0) is 18.6 Å². The van der Waals surface area contributed by atoms with Crippen LogP contribution in [0.3, 0.4) is 0 Å². The van der Waals surface area contributed by atoms with E-state index in [2.05, 4.69) is 18.9 Å². The first-order chi connectivity index (χ1) is 6.09. The molecule has 0 radical (unpaired) electrons. The van der Waals surface area contributed by atoms with Crippen LogP contribution in [0.1, 0.15) is 32.6 Å². The Morgan fingerprint density at radius 2 is 1.69 bits per heavy atom. The van der Waals surface area contributed by atoms with E-state index >= 15 is 0 Å². The second-order valence-corrected chi connectivity index (χ2v) is 4.02. The molecule has 0 aliphatic heterocycles. The second kappa shape index (κ2) is 7.13. The summed E-state index contributed by atoms with van der Waals surface area (Å²) in [6.07, 6.45) is 5.19. The monoisotopic (exact) mass is 202 g/mol. The van der Waals surface area contributed by atoms with Crippen molar-refractivity contribution < 1.29 is 0 Å². The Hall–Kier alpha value is -0.310. The van der Waals surface area contributed by atoms with Crippen molar-refractivity contribution in [2.24, 2.45) is 0 Å². The van der Waals surface area contributed by atoms with Gasteiger partial charge in [-0.2, -0.15) is 0 Å². The first kappa shape index (κ1) is 12.7. The van der Waals surface area contributed by atoms with E-state index in [-0.39, 0.29) is 0 Å². The van der Waals surface area contributed by atoms with Crippen molar-refractivity contribution in [1.29, 1.82) is 0 Å². The molecule has 0 aromatic heterocycles. The summed E-state index contributed by atoms with van der Waals surface area (Å²) >= 11 is 5.23. The zero-order valence-electron chi connectivity index (χ0n) is 9.34. The lowest BCUT2D eigenvalue weighted by Gasteiger charge is -2.25. The molecule has 0 heterocycles. The van der Waals surface area contributed by atoms with Crippen LogP contribution < -0.4 is 0 Å². The number of hydrogen-bond acceptors (Lipinski definition) is 1. The third-order valence-corrected chi connectivity index (χ3v) is 2.73. The van der Waals surface area contributed by atoms with Gasteiger partial charge in [0, 0.05) is 27.7 Å². The van der Waals surface area contributed by atoms with E-state index in [1.54, 1.807) is 0 Å². The molecular weight excluding hydrogens is 180 g/mol. The minimum absolute atomic E-state index is 0.927. The number of unbranched alkanes of at least 4 members (excludes halogenated alkanes) is 3. The third kappa shape index (κ3) is 5.86. The van der Waals surface area contributed by atoms with Crippen molar-refractivity contribution in [2.75, 3.05) is 27.7 Å². The van der Waals surface area contributed by atoms with Gasteiger partial charge in [-0.3, -0.25) is 0 Å². The van der Waals surface area contributed by atoms with Gasteiger partial charge in [-0.25, -0.2) is 0 Å². The molecule has 0 amide bonds. The number of thiocarbonyl (C=S) groups is 1. The van der Waals surface area contributed by atoms with Crippen LogP contribution in [0.25, 0.3) is 0 Å². The van der Waals surface area contributed by atoms with Gasteiger partial charge in [0.15, 0.2) is 5.11 Å². The number of hydrogen-bond donors (Lipinski definition) is 0. The molecule has 0 saturated carbocycles. The molecule has 0 N–H and O–H groups in total. The molecule has 0 atom stereocenters. The molecule has 0 aromatic carbocycles. The molecule has 0 fully saturated rings. The Morgan fingerprint density at radius 3 is 2.15 bits per heavy atom. The zero-order valence-corrected chi connectivity index (χ0v) is 10.2. The lowest BCUT2D eigenvalue weighted by Crippen LogP contribution is -2.36. The van der Waals surface area contributed by atoms with E-state index in [0.29, 0.717) is 0 Å². The fourth-order valence-corrected chi connectivity index (χ4v) is 1.30. The molecule has 0 saturated heterocycles. The average Bonchev–Trinajstić information content (AvgIpc) is 2.10. The maximum Gasteiger partial charge on any atom is 0.170 e. The maximum absolute atomic E-state index is 5.23. The van der Waals surface area contributed by atoms with Crippen molar-refractivity contribution in [1.82, 2.24) is 9.80 Å². The highest BCUT2D eigenvalue weighted by atomic mass is 32.1. The molecule has 0 aliphatic carbocycles. The van der Waals surface area contributed by atoms with Gasteiger partial charge < -0.3 is 9.80 Å². The predicted octanol–water partition coefficient (Wildman–Crippen LogP) is 2.35. The van der Waals surface area contributed by atoms with Crippen molar-refractivity contribution in [3.8, 4) is 0 Å². The Kier molecular flexibility index (Phi) is 6.96. The first-order valence-corrected chi connectivity index (χ1v) is 5.42. The topological polar surface area (TPSA) is 6.48 Å². The largest absolute Gasteiger partial charge is 0.355 e. The van der Waals surface area contributed by atoms with Crippen LogP contribution in [-0.4, -0.2) is 42.6 Å². The van der Waals surface area contributed by atoms with E-state index < -0.39 is 0 Å². The van der Waals surface area contributed by atoms with Crippen LogP contribution in [-0.2, 0) is 0 Å². The summed E-state index contributed by atoms with van der Waals surface area (Å²) in [5.74, 6) is 0. The van der Waals surface area contributed by atoms with E-state index in [1.807, 2.05) is 19.0 Å². The summed E-state index contributed by atoms with van der Waals surface area (Å²) in [4.78, 5) is 4.13. The Bertz CT molecular complexity index is 146. The van der Waals surface area contributed by atoms with E-state index in [0.717, 1.165) is 11.7 Å². The Morgan fingerprint density at radius 1 is 1.08 bits per heavy atom. The Balaban J connectivity index is 3.50. The molecule has 0 aromatic rings. The minimum Gasteiger partial charge on any atom is -0.355 e. The molecule has 13 heavy (non-hydrogen) atoms. The second-order valence-electron chi connectivity index (χ2n) is 3.66. The lowest BCUT2D eigenvalue weighted by atomic mass is 10.2. The highest BCUT2D eigenvalue weighted by Gasteiger charge is 2.04. The van der Waals surface area contributed by atoms with Crippen molar-refractivity contribution >= 4 is 17.3 Å². The van der Waals surface area contributed by atoms with Gasteiger partial charge >= 0.3 is 0 Å². The molecule has 0 bridgehead atoms. The zero-order chi connectivity index (χ0) is 10.3. The van der Waals surface area contributed by atoms with Gasteiger partial charge in [0.2, 0.25) is 0 Å². The fourth-order valence-electron chi connectivity index (χ4n) is 1.21. The highest BCUT2D eigenvalue weighted by molar-refractivity contribution is 7.80. The SMILES string of the molecule is CCCCCCN(C)C(=S)N(C)C. The van der Waals surface area contributed by atoms with Crippen LogP contribution in [0.5, 0.6) is 0 Å². The minimum atomic E-state index is 0.927. The molecule has 78 valence electrons. The summed E-state index contributed by atoms with van der Waals surface area (Å²) in [7, 11) is 6.05. The van der Waals surface area contributed by atoms with Gasteiger partial charge in [0.25, 0.3) is 0 Å². The normalized spacial score (nSPS) is 9.85. The van der Waals surface area contributed by atoms with Crippen LogP contribution in [0.2, 0.25) is 0 Å². The molecular formula is C10H22N2S.